The Bertz CT molecular complexity index is 1540. The van der Waals surface area contributed by atoms with Gasteiger partial charge in [0.25, 0.3) is 5.91 Å². The van der Waals surface area contributed by atoms with Crippen molar-refractivity contribution >= 4 is 23.1 Å². The molecule has 0 unspecified atom stereocenters. The number of nitrogens with zero attached hydrogens (tertiary/aromatic N) is 1. The van der Waals surface area contributed by atoms with Crippen molar-refractivity contribution < 1.29 is 9.59 Å². The van der Waals surface area contributed by atoms with Gasteiger partial charge in [0, 0.05) is 23.3 Å². The molecular formula is C34H30N2O2. The minimum Gasteiger partial charge on any atom is -0.357 e. The molecule has 4 nitrogen and oxygen atoms in total. The van der Waals surface area contributed by atoms with E-state index in [0.717, 1.165) is 28.2 Å². The van der Waals surface area contributed by atoms with Crippen molar-refractivity contribution in [2.75, 3.05) is 10.2 Å². The number of fused-ring (bicyclic) bond motifs is 1. The summed E-state index contributed by atoms with van der Waals surface area (Å²) < 4.78 is 0. The van der Waals surface area contributed by atoms with E-state index in [4.69, 9.17) is 0 Å². The fraction of sp³-hybridized carbons (Fsp3) is 0.176. The Morgan fingerprint density at radius 1 is 0.737 bits per heavy atom. The minimum atomic E-state index is -0.541. The second-order valence-corrected chi connectivity index (χ2v) is 10.3. The minimum absolute atomic E-state index is 0.0774. The quantitative estimate of drug-likeness (QED) is 0.318. The fourth-order valence-electron chi connectivity index (χ4n) is 5.67. The molecule has 4 heteroatoms. The standard InChI is InChI=1S/C34H30N2O2/c1-22-12-16-24(17-13-22)27-20-29-32(31(37)21-27)33(25-18-14-23(2)15-19-25)36(30-11-7-6-10-28(30)35-29)34(38)26-8-4-3-5-9-26/h3-19,27,33,35H,20-21H2,1-2H3/t27-,33-/m1/s1. The molecule has 2 aliphatic rings. The maximum atomic E-state index is 14.2. The number of allylic oxidation sites excluding steroid dienone is 1. The molecule has 6 rings (SSSR count). The average molecular weight is 499 g/mol. The molecule has 0 saturated heterocycles. The Balaban J connectivity index is 1.55. The molecule has 0 fully saturated rings. The highest BCUT2D eigenvalue weighted by atomic mass is 16.2. The summed E-state index contributed by atoms with van der Waals surface area (Å²) in [4.78, 5) is 30.1. The SMILES string of the molecule is Cc1ccc([C@H]2CC(=O)C3=C(C2)Nc2ccccc2N(C(=O)c2ccccc2)[C@@H]3c2ccc(C)cc2)cc1. The smallest absolute Gasteiger partial charge is 0.259 e. The second-order valence-electron chi connectivity index (χ2n) is 10.3. The molecule has 0 aromatic heterocycles. The number of benzene rings is 4. The molecule has 1 N–H and O–H groups in total. The van der Waals surface area contributed by atoms with Gasteiger partial charge in [0.05, 0.1) is 17.4 Å². The molecule has 0 saturated carbocycles. The number of nitrogens with one attached hydrogen (secondary N) is 1. The molecule has 0 bridgehead atoms. The molecule has 0 spiro atoms. The number of carbonyl (C=O) groups excluding carboxylic acids is 2. The summed E-state index contributed by atoms with van der Waals surface area (Å²) in [5.74, 6) is 0.0257. The van der Waals surface area contributed by atoms with Crippen LogP contribution in [0, 0.1) is 13.8 Å². The first kappa shape index (κ1) is 23.9. The first-order valence-electron chi connectivity index (χ1n) is 13.1. The van der Waals surface area contributed by atoms with E-state index >= 15 is 0 Å². The number of carbonyl (C=O) groups is 2. The summed E-state index contributed by atoms with van der Waals surface area (Å²) >= 11 is 0. The highest BCUT2D eigenvalue weighted by molar-refractivity contribution is 6.12. The Labute approximate surface area is 223 Å². The van der Waals surface area contributed by atoms with Crippen LogP contribution in [0.2, 0.25) is 0 Å². The van der Waals surface area contributed by atoms with Crippen molar-refractivity contribution in [3.63, 3.8) is 0 Å². The maximum Gasteiger partial charge on any atom is 0.259 e. The van der Waals surface area contributed by atoms with E-state index in [1.165, 1.54) is 11.1 Å². The Morgan fingerprint density at radius 2 is 1.34 bits per heavy atom. The number of hydrogen-bond donors (Lipinski definition) is 1. The van der Waals surface area contributed by atoms with E-state index in [9.17, 15) is 9.59 Å². The Hall–Kier alpha value is -4.44. The maximum absolute atomic E-state index is 14.2. The van der Waals surface area contributed by atoms with Gasteiger partial charge in [0.1, 0.15) is 0 Å². The molecule has 4 aromatic carbocycles. The van der Waals surface area contributed by atoms with Crippen molar-refractivity contribution in [3.05, 3.63) is 142 Å². The Kier molecular flexibility index (Phi) is 6.16. The Morgan fingerprint density at radius 3 is 2.03 bits per heavy atom. The third-order valence-corrected chi connectivity index (χ3v) is 7.67. The van der Waals surface area contributed by atoms with Crippen LogP contribution in [0.15, 0.2) is 114 Å². The molecule has 1 heterocycles. The zero-order chi connectivity index (χ0) is 26.2. The van der Waals surface area contributed by atoms with E-state index < -0.39 is 6.04 Å². The van der Waals surface area contributed by atoms with Gasteiger partial charge in [-0.15, -0.1) is 0 Å². The molecule has 4 aromatic rings. The number of ketones is 1. The third-order valence-electron chi connectivity index (χ3n) is 7.67. The highest BCUT2D eigenvalue weighted by Crippen LogP contribution is 2.47. The first-order valence-corrected chi connectivity index (χ1v) is 13.1. The number of amides is 1. The summed E-state index contributed by atoms with van der Waals surface area (Å²) in [6, 6.07) is 33.3. The highest BCUT2D eigenvalue weighted by Gasteiger charge is 2.41. The number of anilines is 2. The molecule has 1 amide bonds. The van der Waals surface area contributed by atoms with Crippen molar-refractivity contribution in [1.82, 2.24) is 0 Å². The van der Waals surface area contributed by atoms with Crippen LogP contribution in [0.4, 0.5) is 11.4 Å². The van der Waals surface area contributed by atoms with Crippen LogP contribution in [-0.4, -0.2) is 11.7 Å². The summed E-state index contributed by atoms with van der Waals surface area (Å²) in [6.45, 7) is 4.12. The molecule has 188 valence electrons. The van der Waals surface area contributed by atoms with Crippen LogP contribution < -0.4 is 10.2 Å². The number of hydrogen-bond acceptors (Lipinski definition) is 3. The van der Waals surface area contributed by atoms with Crippen LogP contribution in [0.5, 0.6) is 0 Å². The van der Waals surface area contributed by atoms with Crippen LogP contribution in [0.1, 0.15) is 57.4 Å². The van der Waals surface area contributed by atoms with Crippen LogP contribution in [-0.2, 0) is 4.79 Å². The van der Waals surface area contributed by atoms with Crippen molar-refractivity contribution in [2.24, 2.45) is 0 Å². The predicted octanol–water partition coefficient (Wildman–Crippen LogP) is 7.52. The van der Waals surface area contributed by atoms with Gasteiger partial charge in [-0.25, -0.2) is 0 Å². The fourth-order valence-corrected chi connectivity index (χ4v) is 5.67. The van der Waals surface area contributed by atoms with Crippen LogP contribution >= 0.6 is 0 Å². The molecule has 2 atom stereocenters. The normalized spacial score (nSPS) is 18.8. The first-order chi connectivity index (χ1) is 18.5. The van der Waals surface area contributed by atoms with E-state index in [0.29, 0.717) is 24.0 Å². The van der Waals surface area contributed by atoms with E-state index in [1.807, 2.05) is 90.7 Å². The third kappa shape index (κ3) is 4.32. The van der Waals surface area contributed by atoms with E-state index in [1.54, 1.807) is 0 Å². The summed E-state index contributed by atoms with van der Waals surface area (Å²) in [7, 11) is 0. The lowest BCUT2D eigenvalue weighted by Gasteiger charge is -2.35. The molecule has 1 aliphatic heterocycles. The monoisotopic (exact) mass is 498 g/mol. The lowest BCUT2D eigenvalue weighted by molar-refractivity contribution is -0.116. The number of rotatable bonds is 3. The van der Waals surface area contributed by atoms with E-state index in [2.05, 4.69) is 36.5 Å². The van der Waals surface area contributed by atoms with Gasteiger partial charge in [0.15, 0.2) is 5.78 Å². The summed E-state index contributed by atoms with van der Waals surface area (Å²) in [6.07, 6.45) is 1.11. The number of Topliss-reactive ketones (excluding diaryl/α,β-unsaturated/α-hetero) is 1. The van der Waals surface area contributed by atoms with Gasteiger partial charge in [-0.05, 0) is 61.6 Å². The predicted molar refractivity (Wildman–Crippen MR) is 152 cm³/mol. The zero-order valence-corrected chi connectivity index (χ0v) is 21.6. The van der Waals surface area contributed by atoms with E-state index in [-0.39, 0.29) is 17.6 Å². The topological polar surface area (TPSA) is 49.4 Å². The average Bonchev–Trinajstić information content (AvgIpc) is 3.08. The van der Waals surface area contributed by atoms with Crippen molar-refractivity contribution in [2.45, 2.75) is 38.6 Å². The number of aryl methyl sites for hydroxylation is 2. The second kappa shape index (κ2) is 9.79. The summed E-state index contributed by atoms with van der Waals surface area (Å²) in [5.41, 5.74) is 8.18. The molecular weight excluding hydrogens is 468 g/mol. The lowest BCUT2D eigenvalue weighted by Crippen LogP contribution is -2.38. The van der Waals surface area contributed by atoms with Crippen LogP contribution in [0.25, 0.3) is 0 Å². The van der Waals surface area contributed by atoms with Gasteiger partial charge in [-0.3, -0.25) is 14.5 Å². The van der Waals surface area contributed by atoms with Gasteiger partial charge < -0.3 is 5.32 Å². The summed E-state index contributed by atoms with van der Waals surface area (Å²) in [5, 5.41) is 3.62. The van der Waals surface area contributed by atoms with Gasteiger partial charge >= 0.3 is 0 Å². The zero-order valence-electron chi connectivity index (χ0n) is 21.6. The largest absolute Gasteiger partial charge is 0.357 e. The molecule has 1 aliphatic carbocycles. The van der Waals surface area contributed by atoms with Crippen LogP contribution in [0.3, 0.4) is 0 Å². The lowest BCUT2D eigenvalue weighted by atomic mass is 9.78. The molecule has 38 heavy (non-hydrogen) atoms. The van der Waals surface area contributed by atoms with Crippen molar-refractivity contribution in [1.29, 1.82) is 0 Å². The molecule has 0 radical (unpaired) electrons. The van der Waals surface area contributed by atoms with Gasteiger partial charge in [0.2, 0.25) is 0 Å². The van der Waals surface area contributed by atoms with Crippen molar-refractivity contribution in [3.8, 4) is 0 Å². The number of para-hydroxylation sites is 2. The van der Waals surface area contributed by atoms with Gasteiger partial charge in [-0.2, -0.15) is 0 Å². The van der Waals surface area contributed by atoms with Gasteiger partial charge in [-0.1, -0.05) is 90.0 Å².